The van der Waals surface area contributed by atoms with E-state index >= 15 is 0 Å². The quantitative estimate of drug-likeness (QED) is 0.786. The number of hydrogen-bond acceptors (Lipinski definition) is 5. The van der Waals surface area contributed by atoms with Gasteiger partial charge in [0.25, 0.3) is 11.5 Å². The molecule has 1 atom stereocenters. The normalized spacial score (nSPS) is 11.6. The van der Waals surface area contributed by atoms with Gasteiger partial charge in [-0.15, -0.1) is 0 Å². The summed E-state index contributed by atoms with van der Waals surface area (Å²) in [6.07, 6.45) is 2.23. The van der Waals surface area contributed by atoms with E-state index in [1.807, 2.05) is 6.92 Å². The summed E-state index contributed by atoms with van der Waals surface area (Å²) in [5.74, 6) is 1.09. The van der Waals surface area contributed by atoms with Crippen LogP contribution < -0.4 is 20.3 Å². The summed E-state index contributed by atoms with van der Waals surface area (Å²) >= 11 is 0. The van der Waals surface area contributed by atoms with Crippen LogP contribution in [-0.4, -0.2) is 34.7 Å². The molecule has 1 aromatic heterocycles. The fourth-order valence-corrected chi connectivity index (χ4v) is 2.03. The zero-order chi connectivity index (χ0) is 17.4. The van der Waals surface area contributed by atoms with Crippen LogP contribution in [0.2, 0.25) is 0 Å². The highest BCUT2D eigenvalue weighted by atomic mass is 16.5. The van der Waals surface area contributed by atoms with Gasteiger partial charge in [-0.1, -0.05) is 0 Å². The van der Waals surface area contributed by atoms with Gasteiger partial charge in [-0.2, -0.15) is 0 Å². The van der Waals surface area contributed by atoms with E-state index in [9.17, 15) is 9.59 Å². The van der Waals surface area contributed by atoms with Crippen molar-refractivity contribution in [1.82, 2.24) is 14.9 Å². The van der Waals surface area contributed by atoms with E-state index in [4.69, 9.17) is 9.47 Å². The fourth-order valence-electron chi connectivity index (χ4n) is 2.03. The lowest BCUT2D eigenvalue weighted by Crippen LogP contribution is -2.38. The van der Waals surface area contributed by atoms with E-state index in [1.54, 1.807) is 31.2 Å². The molecule has 1 N–H and O–H groups in total. The van der Waals surface area contributed by atoms with Crippen molar-refractivity contribution in [1.29, 1.82) is 0 Å². The Hall–Kier alpha value is -2.83. The van der Waals surface area contributed by atoms with Crippen LogP contribution in [0.3, 0.4) is 0 Å². The van der Waals surface area contributed by atoms with Crippen LogP contribution >= 0.6 is 0 Å². The molecule has 24 heavy (non-hydrogen) atoms. The Balaban J connectivity index is 1.79. The number of nitrogens with zero attached hydrogens (tertiary/aromatic N) is 2. The van der Waals surface area contributed by atoms with E-state index in [0.29, 0.717) is 25.4 Å². The highest BCUT2D eigenvalue weighted by Crippen LogP contribution is 2.18. The Morgan fingerprint density at radius 2 is 1.96 bits per heavy atom. The van der Waals surface area contributed by atoms with Crippen LogP contribution in [0, 0.1) is 0 Å². The highest BCUT2D eigenvalue weighted by Gasteiger charge is 2.14. The minimum Gasteiger partial charge on any atom is -0.494 e. The molecule has 1 aromatic carbocycles. The van der Waals surface area contributed by atoms with Crippen molar-refractivity contribution in [2.24, 2.45) is 0 Å². The number of hydrogen-bond donors (Lipinski definition) is 1. The van der Waals surface area contributed by atoms with E-state index < -0.39 is 6.10 Å². The minimum atomic E-state index is -0.645. The van der Waals surface area contributed by atoms with Crippen LogP contribution in [0.15, 0.2) is 47.7 Å². The van der Waals surface area contributed by atoms with Crippen molar-refractivity contribution < 1.29 is 14.3 Å². The van der Waals surface area contributed by atoms with Crippen molar-refractivity contribution in [2.75, 3.05) is 13.2 Å². The monoisotopic (exact) mass is 331 g/mol. The predicted octanol–water partition coefficient (Wildman–Crippen LogP) is 1.23. The third-order valence-electron chi connectivity index (χ3n) is 3.26. The molecule has 2 aromatic rings. The molecule has 1 amide bonds. The molecule has 0 aliphatic carbocycles. The molecule has 128 valence electrons. The van der Waals surface area contributed by atoms with Gasteiger partial charge in [-0.3, -0.25) is 14.2 Å². The summed E-state index contributed by atoms with van der Waals surface area (Å²) in [5, 5.41) is 2.73. The van der Waals surface area contributed by atoms with Gasteiger partial charge in [0.15, 0.2) is 6.10 Å². The molecule has 0 bridgehead atoms. The lowest BCUT2D eigenvalue weighted by atomic mass is 10.3. The van der Waals surface area contributed by atoms with E-state index in [1.165, 1.54) is 23.2 Å². The smallest absolute Gasteiger partial charge is 0.260 e. The Morgan fingerprint density at radius 1 is 1.25 bits per heavy atom. The van der Waals surface area contributed by atoms with Crippen molar-refractivity contribution in [3.8, 4) is 11.5 Å². The molecule has 0 radical (unpaired) electrons. The Morgan fingerprint density at radius 3 is 2.62 bits per heavy atom. The largest absolute Gasteiger partial charge is 0.494 e. The van der Waals surface area contributed by atoms with Gasteiger partial charge in [-0.25, -0.2) is 4.98 Å². The van der Waals surface area contributed by atoms with Crippen LogP contribution in [0.25, 0.3) is 0 Å². The van der Waals surface area contributed by atoms with Crippen molar-refractivity contribution in [2.45, 2.75) is 26.5 Å². The summed E-state index contributed by atoms with van der Waals surface area (Å²) in [7, 11) is 0. The summed E-state index contributed by atoms with van der Waals surface area (Å²) in [4.78, 5) is 27.4. The molecule has 7 nitrogen and oxygen atoms in total. The zero-order valence-corrected chi connectivity index (χ0v) is 13.8. The summed E-state index contributed by atoms with van der Waals surface area (Å²) in [6.45, 7) is 4.85. The van der Waals surface area contributed by atoms with Crippen LogP contribution in [0.5, 0.6) is 11.5 Å². The first kappa shape index (κ1) is 17.5. The van der Waals surface area contributed by atoms with Crippen molar-refractivity contribution in [3.05, 3.63) is 53.2 Å². The number of benzene rings is 1. The highest BCUT2D eigenvalue weighted by molar-refractivity contribution is 5.80. The average Bonchev–Trinajstić information content (AvgIpc) is 2.58. The second-order valence-electron chi connectivity index (χ2n) is 5.07. The lowest BCUT2D eigenvalue weighted by molar-refractivity contribution is -0.127. The molecule has 2 rings (SSSR count). The van der Waals surface area contributed by atoms with Gasteiger partial charge in [0.2, 0.25) is 0 Å². The van der Waals surface area contributed by atoms with Crippen molar-refractivity contribution >= 4 is 5.91 Å². The zero-order valence-electron chi connectivity index (χ0n) is 13.8. The Kier molecular flexibility index (Phi) is 6.36. The summed E-state index contributed by atoms with van der Waals surface area (Å²) in [6, 6.07) is 8.46. The van der Waals surface area contributed by atoms with Gasteiger partial charge in [0.05, 0.1) is 12.9 Å². The Bertz CT molecular complexity index is 712. The number of aromatic nitrogens is 2. The molecule has 1 unspecified atom stereocenters. The minimum absolute atomic E-state index is 0.155. The molecule has 0 saturated heterocycles. The lowest BCUT2D eigenvalue weighted by Gasteiger charge is -2.15. The maximum Gasteiger partial charge on any atom is 0.260 e. The fraction of sp³-hybridized carbons (Fsp3) is 0.353. The first-order valence-corrected chi connectivity index (χ1v) is 7.78. The standard InChI is InChI=1S/C17H21N3O4/c1-3-23-14-4-6-15(7-5-14)24-13(2)17(22)19-10-11-20-12-18-9-8-16(20)21/h4-9,12-13H,3,10-11H2,1-2H3,(H,19,22). The molecule has 0 spiro atoms. The van der Waals surface area contributed by atoms with Crippen molar-refractivity contribution in [3.63, 3.8) is 0 Å². The summed E-state index contributed by atoms with van der Waals surface area (Å²) < 4.78 is 12.4. The number of carbonyl (C=O) groups is 1. The Labute approximate surface area is 140 Å². The molecular formula is C17H21N3O4. The number of rotatable bonds is 8. The second-order valence-corrected chi connectivity index (χ2v) is 5.07. The van der Waals surface area contributed by atoms with Gasteiger partial charge >= 0.3 is 0 Å². The van der Waals surface area contributed by atoms with Gasteiger partial charge in [0.1, 0.15) is 11.5 Å². The van der Waals surface area contributed by atoms with Gasteiger partial charge in [-0.05, 0) is 38.1 Å². The summed E-state index contributed by atoms with van der Waals surface area (Å²) in [5.41, 5.74) is -0.155. The third-order valence-corrected chi connectivity index (χ3v) is 3.26. The maximum absolute atomic E-state index is 12.0. The predicted molar refractivity (Wildman–Crippen MR) is 89.2 cm³/mol. The number of nitrogens with one attached hydrogen (secondary N) is 1. The van der Waals surface area contributed by atoms with E-state index in [2.05, 4.69) is 10.3 Å². The molecular weight excluding hydrogens is 310 g/mol. The van der Waals surface area contributed by atoms with Gasteiger partial charge < -0.3 is 14.8 Å². The second kappa shape index (κ2) is 8.71. The topological polar surface area (TPSA) is 82.4 Å². The van der Waals surface area contributed by atoms with Crippen LogP contribution in [0.1, 0.15) is 13.8 Å². The van der Waals surface area contributed by atoms with Crippen LogP contribution in [0.4, 0.5) is 0 Å². The SMILES string of the molecule is CCOc1ccc(OC(C)C(=O)NCCn2cnccc2=O)cc1. The molecule has 0 aliphatic rings. The molecule has 0 aliphatic heterocycles. The van der Waals surface area contributed by atoms with E-state index in [-0.39, 0.29) is 11.5 Å². The number of amides is 1. The molecule has 0 fully saturated rings. The number of carbonyl (C=O) groups excluding carboxylic acids is 1. The molecule has 0 saturated carbocycles. The maximum atomic E-state index is 12.0. The number of ether oxygens (including phenoxy) is 2. The average molecular weight is 331 g/mol. The molecule has 1 heterocycles. The first-order chi connectivity index (χ1) is 11.6. The van der Waals surface area contributed by atoms with E-state index in [0.717, 1.165) is 5.75 Å². The third kappa shape index (κ3) is 5.12. The first-order valence-electron chi connectivity index (χ1n) is 7.78. The van der Waals surface area contributed by atoms with Crippen LogP contribution in [-0.2, 0) is 11.3 Å². The molecule has 7 heteroatoms. The van der Waals surface area contributed by atoms with Gasteiger partial charge in [0, 0.05) is 25.4 Å².